The van der Waals surface area contributed by atoms with Crippen LogP contribution in [0.1, 0.15) is 30.5 Å². The number of hydrogen-bond donors (Lipinski definition) is 0. The molecule has 5 nitrogen and oxygen atoms in total. The Morgan fingerprint density at radius 1 is 1.23 bits per heavy atom. The third-order valence-corrected chi connectivity index (χ3v) is 5.56. The van der Waals surface area contributed by atoms with Crippen molar-refractivity contribution in [1.29, 1.82) is 0 Å². The van der Waals surface area contributed by atoms with Crippen molar-refractivity contribution in [2.45, 2.75) is 38.5 Å². The smallest absolute Gasteiger partial charge is 0.0732 e. The molecule has 5 heteroatoms. The van der Waals surface area contributed by atoms with Gasteiger partial charge in [-0.1, -0.05) is 12.1 Å². The van der Waals surface area contributed by atoms with Crippen LogP contribution in [0.25, 0.3) is 0 Å². The lowest BCUT2D eigenvalue weighted by Crippen LogP contribution is -2.56. The fourth-order valence-electron chi connectivity index (χ4n) is 4.30. The van der Waals surface area contributed by atoms with E-state index < -0.39 is 0 Å². The second-order valence-electron chi connectivity index (χ2n) is 7.50. The predicted molar refractivity (Wildman–Crippen MR) is 99.4 cm³/mol. The minimum Gasteiger partial charge on any atom is -0.377 e. The molecular weight excluding hydrogens is 326 g/mol. The van der Waals surface area contributed by atoms with Gasteiger partial charge in [-0.2, -0.15) is 0 Å². The van der Waals surface area contributed by atoms with Gasteiger partial charge in [-0.05, 0) is 43.0 Å². The minimum atomic E-state index is 0.0908. The number of pyridine rings is 2. The lowest BCUT2D eigenvalue weighted by Gasteiger charge is -2.50. The van der Waals surface area contributed by atoms with E-state index in [1.165, 1.54) is 6.42 Å². The molecule has 0 aromatic carbocycles. The molecule has 0 spiro atoms. The van der Waals surface area contributed by atoms with Gasteiger partial charge in [0.15, 0.2) is 0 Å². The summed E-state index contributed by atoms with van der Waals surface area (Å²) in [6, 6.07) is 10.2. The van der Waals surface area contributed by atoms with Crippen LogP contribution in [0.2, 0.25) is 0 Å². The number of aromatic nitrogens is 2. The molecule has 2 atom stereocenters. The van der Waals surface area contributed by atoms with Crippen LogP contribution in [-0.2, 0) is 22.6 Å². The molecule has 2 fully saturated rings. The monoisotopic (exact) mass is 353 g/mol. The Hall–Kier alpha value is -1.82. The average Bonchev–Trinajstić information content (AvgIpc) is 2.69. The summed E-state index contributed by atoms with van der Waals surface area (Å²) in [7, 11) is 0. The Labute approximate surface area is 155 Å². The molecule has 2 aromatic rings. The van der Waals surface area contributed by atoms with Crippen molar-refractivity contribution in [3.63, 3.8) is 0 Å². The van der Waals surface area contributed by atoms with Crippen molar-refractivity contribution >= 4 is 0 Å². The van der Waals surface area contributed by atoms with Gasteiger partial charge in [0.2, 0.25) is 0 Å². The van der Waals surface area contributed by atoms with Crippen molar-refractivity contribution < 1.29 is 9.47 Å². The van der Waals surface area contributed by atoms with Gasteiger partial charge in [-0.25, -0.2) is 0 Å². The summed E-state index contributed by atoms with van der Waals surface area (Å²) < 4.78 is 12.3. The van der Waals surface area contributed by atoms with E-state index in [1.54, 1.807) is 6.20 Å². The van der Waals surface area contributed by atoms with Gasteiger partial charge < -0.3 is 9.47 Å². The van der Waals surface area contributed by atoms with Crippen LogP contribution >= 0.6 is 0 Å². The molecule has 2 aromatic heterocycles. The zero-order valence-corrected chi connectivity index (χ0v) is 15.2. The van der Waals surface area contributed by atoms with E-state index >= 15 is 0 Å². The molecule has 0 radical (unpaired) electrons. The van der Waals surface area contributed by atoms with Crippen LogP contribution < -0.4 is 0 Å². The third kappa shape index (κ3) is 4.11. The zero-order chi connectivity index (χ0) is 17.7. The van der Waals surface area contributed by atoms with E-state index in [4.69, 9.17) is 9.47 Å². The number of piperidine rings is 1. The molecule has 2 saturated heterocycles. The van der Waals surface area contributed by atoms with E-state index in [0.717, 1.165) is 56.9 Å². The van der Waals surface area contributed by atoms with E-state index in [2.05, 4.69) is 33.1 Å². The highest BCUT2D eigenvalue weighted by Gasteiger charge is 2.46. The van der Waals surface area contributed by atoms with Crippen LogP contribution in [0, 0.1) is 5.41 Å². The number of nitrogens with zero attached hydrogens (tertiary/aromatic N) is 3. The summed E-state index contributed by atoms with van der Waals surface area (Å²) >= 11 is 0. The number of hydrogen-bond acceptors (Lipinski definition) is 5. The molecule has 4 rings (SSSR count). The minimum absolute atomic E-state index is 0.0908. The number of fused-ring (bicyclic) bond motifs is 1. The molecule has 2 aliphatic rings. The van der Waals surface area contributed by atoms with Gasteiger partial charge >= 0.3 is 0 Å². The first-order valence-corrected chi connectivity index (χ1v) is 9.55. The first-order chi connectivity index (χ1) is 12.8. The van der Waals surface area contributed by atoms with Crippen molar-refractivity contribution in [3.8, 4) is 0 Å². The van der Waals surface area contributed by atoms with Gasteiger partial charge in [0, 0.05) is 50.2 Å². The first kappa shape index (κ1) is 17.6. The normalized spacial score (nSPS) is 26.4. The molecule has 4 heterocycles. The van der Waals surface area contributed by atoms with E-state index in [1.807, 2.05) is 24.5 Å². The van der Waals surface area contributed by atoms with E-state index in [-0.39, 0.29) is 5.41 Å². The highest BCUT2D eigenvalue weighted by atomic mass is 16.5. The maximum atomic E-state index is 6.16. The highest BCUT2D eigenvalue weighted by molar-refractivity contribution is 5.07. The second kappa shape index (κ2) is 8.25. The summed E-state index contributed by atoms with van der Waals surface area (Å²) in [6.45, 7) is 5.22. The Morgan fingerprint density at radius 3 is 3.08 bits per heavy atom. The summed E-state index contributed by atoms with van der Waals surface area (Å²) in [4.78, 5) is 11.2. The van der Waals surface area contributed by atoms with Crippen LogP contribution in [0.4, 0.5) is 0 Å². The molecule has 0 bridgehead atoms. The first-order valence-electron chi connectivity index (χ1n) is 9.55. The number of rotatable bonds is 6. The molecule has 138 valence electrons. The lowest BCUT2D eigenvalue weighted by molar-refractivity contribution is -0.155. The largest absolute Gasteiger partial charge is 0.377 e. The van der Waals surface area contributed by atoms with Crippen molar-refractivity contribution in [2.24, 2.45) is 5.41 Å². The topological polar surface area (TPSA) is 47.5 Å². The fraction of sp³-hybridized carbons (Fsp3) is 0.524. The third-order valence-electron chi connectivity index (χ3n) is 5.56. The SMILES string of the molecule is c1ccc(CN2CC[C@H]3OCCC[C@]3(COCc3cccnc3)C2)nc1. The van der Waals surface area contributed by atoms with Crippen LogP contribution in [-0.4, -0.2) is 47.3 Å². The second-order valence-corrected chi connectivity index (χ2v) is 7.50. The van der Waals surface area contributed by atoms with Gasteiger partial charge in [0.1, 0.15) is 0 Å². The van der Waals surface area contributed by atoms with Crippen LogP contribution in [0.3, 0.4) is 0 Å². The van der Waals surface area contributed by atoms with Crippen LogP contribution in [0.15, 0.2) is 48.9 Å². The summed E-state index contributed by atoms with van der Waals surface area (Å²) in [5.41, 5.74) is 2.35. The molecular formula is C21H27N3O2. The van der Waals surface area contributed by atoms with Crippen molar-refractivity contribution in [3.05, 3.63) is 60.2 Å². The molecule has 2 aliphatic heterocycles. The summed E-state index contributed by atoms with van der Waals surface area (Å²) in [5, 5.41) is 0. The molecule has 26 heavy (non-hydrogen) atoms. The van der Waals surface area contributed by atoms with Gasteiger partial charge in [0.25, 0.3) is 0 Å². The highest BCUT2D eigenvalue weighted by Crippen LogP contribution is 2.40. The molecule has 0 N–H and O–H groups in total. The van der Waals surface area contributed by atoms with Crippen LogP contribution in [0.5, 0.6) is 0 Å². The number of likely N-dealkylation sites (tertiary alicyclic amines) is 1. The fourth-order valence-corrected chi connectivity index (χ4v) is 4.30. The predicted octanol–water partition coefficient (Wildman–Crippen LogP) is 3.06. The van der Waals surface area contributed by atoms with Gasteiger partial charge in [-0.3, -0.25) is 14.9 Å². The molecule has 0 amide bonds. The lowest BCUT2D eigenvalue weighted by atomic mass is 9.73. The van der Waals surface area contributed by atoms with Gasteiger partial charge in [-0.15, -0.1) is 0 Å². The molecule has 0 saturated carbocycles. The summed E-state index contributed by atoms with van der Waals surface area (Å²) in [6.07, 6.45) is 9.21. The van der Waals surface area contributed by atoms with Gasteiger partial charge in [0.05, 0.1) is 25.0 Å². The quantitative estimate of drug-likeness (QED) is 0.799. The Morgan fingerprint density at radius 2 is 2.23 bits per heavy atom. The molecule has 0 unspecified atom stereocenters. The Kier molecular flexibility index (Phi) is 5.58. The maximum absolute atomic E-state index is 6.16. The standard InChI is InChI=1S/C21H27N3O2/c1-2-10-23-19(6-1)14-24-11-7-20-21(16-24,8-4-12-26-20)17-25-15-18-5-3-9-22-13-18/h1-3,5-6,9-10,13,20H,4,7-8,11-12,14-17H2/t20-,21-/m1/s1. The maximum Gasteiger partial charge on any atom is 0.0732 e. The van der Waals surface area contributed by atoms with Crippen molar-refractivity contribution in [2.75, 3.05) is 26.3 Å². The van der Waals surface area contributed by atoms with E-state index in [0.29, 0.717) is 12.7 Å². The van der Waals surface area contributed by atoms with Crippen molar-refractivity contribution in [1.82, 2.24) is 14.9 Å². The Bertz CT molecular complexity index is 682. The zero-order valence-electron chi connectivity index (χ0n) is 15.2. The Balaban J connectivity index is 1.41. The summed E-state index contributed by atoms with van der Waals surface area (Å²) in [5.74, 6) is 0. The molecule has 0 aliphatic carbocycles. The van der Waals surface area contributed by atoms with E-state index in [9.17, 15) is 0 Å². The average molecular weight is 353 g/mol. The number of ether oxygens (including phenoxy) is 2.